The van der Waals surface area contributed by atoms with Gasteiger partial charge in [0.15, 0.2) is 0 Å². The van der Waals surface area contributed by atoms with Gasteiger partial charge in [-0.1, -0.05) is 19.3 Å². The molecular formula is C21H30N4O2. The zero-order chi connectivity index (χ0) is 18.6. The molecule has 0 spiro atoms. The Bertz CT molecular complexity index is 735. The average Bonchev–Trinajstić information content (AvgIpc) is 3.07. The number of carbonyl (C=O) groups is 1. The van der Waals surface area contributed by atoms with Gasteiger partial charge in [-0.3, -0.25) is 9.78 Å². The van der Waals surface area contributed by atoms with Crippen molar-refractivity contribution in [1.29, 1.82) is 0 Å². The molecule has 2 aromatic heterocycles. The molecule has 1 aliphatic heterocycles. The van der Waals surface area contributed by atoms with Crippen molar-refractivity contribution in [2.45, 2.75) is 51.4 Å². The minimum absolute atomic E-state index is 0.233. The van der Waals surface area contributed by atoms with Crippen LogP contribution in [0.25, 0.3) is 11.0 Å². The van der Waals surface area contributed by atoms with Gasteiger partial charge in [-0.05, 0) is 49.6 Å². The molecule has 0 radical (unpaired) electrons. The monoisotopic (exact) mass is 370 g/mol. The maximum Gasteiger partial charge on any atom is 0.303 e. The molecule has 2 unspecified atom stereocenters. The van der Waals surface area contributed by atoms with Crippen LogP contribution in [0.1, 0.15) is 50.8 Å². The third-order valence-corrected chi connectivity index (χ3v) is 6.44. The van der Waals surface area contributed by atoms with Crippen LogP contribution in [0.3, 0.4) is 0 Å². The van der Waals surface area contributed by atoms with E-state index in [1.165, 1.54) is 38.6 Å². The molecule has 2 atom stereocenters. The second-order valence-electron chi connectivity index (χ2n) is 8.45. The molecule has 1 saturated carbocycles. The molecule has 146 valence electrons. The lowest BCUT2D eigenvalue weighted by molar-refractivity contribution is -0.139. The number of nitrogens with one attached hydrogen (secondary N) is 1. The number of fused-ring (bicyclic) bond motifs is 1. The fourth-order valence-corrected chi connectivity index (χ4v) is 5.04. The minimum Gasteiger partial charge on any atom is -0.481 e. The topological polar surface area (TPSA) is 82.1 Å². The maximum atomic E-state index is 11.4. The second-order valence-corrected chi connectivity index (χ2v) is 8.45. The first kappa shape index (κ1) is 18.4. The van der Waals surface area contributed by atoms with Gasteiger partial charge in [-0.15, -0.1) is 0 Å². The normalized spacial score (nSPS) is 25.0. The molecule has 2 fully saturated rings. The van der Waals surface area contributed by atoms with E-state index in [1.54, 1.807) is 12.4 Å². The summed E-state index contributed by atoms with van der Waals surface area (Å²) in [7, 11) is 0. The summed E-state index contributed by atoms with van der Waals surface area (Å²) in [6.45, 7) is 3.21. The Morgan fingerprint density at radius 1 is 1.22 bits per heavy atom. The Morgan fingerprint density at radius 2 is 2.07 bits per heavy atom. The van der Waals surface area contributed by atoms with Gasteiger partial charge in [0.2, 0.25) is 0 Å². The van der Waals surface area contributed by atoms with E-state index in [-0.39, 0.29) is 12.3 Å². The second kappa shape index (κ2) is 8.38. The molecule has 0 amide bonds. The van der Waals surface area contributed by atoms with E-state index >= 15 is 0 Å². The number of aromatic nitrogens is 3. The van der Waals surface area contributed by atoms with E-state index in [4.69, 9.17) is 4.98 Å². The van der Waals surface area contributed by atoms with E-state index in [2.05, 4.69) is 14.9 Å². The molecular weight excluding hydrogens is 340 g/mol. The summed E-state index contributed by atoms with van der Waals surface area (Å²) in [5.74, 6) is 1.67. The first-order valence-electron chi connectivity index (χ1n) is 10.4. The van der Waals surface area contributed by atoms with Crippen LogP contribution < -0.4 is 0 Å². The molecule has 1 aliphatic carbocycles. The molecule has 2 aromatic rings. The van der Waals surface area contributed by atoms with E-state index in [0.29, 0.717) is 5.92 Å². The minimum atomic E-state index is -0.681. The van der Waals surface area contributed by atoms with E-state index < -0.39 is 5.97 Å². The van der Waals surface area contributed by atoms with E-state index in [1.807, 2.05) is 6.07 Å². The first-order valence-corrected chi connectivity index (χ1v) is 10.4. The van der Waals surface area contributed by atoms with Gasteiger partial charge in [0.25, 0.3) is 0 Å². The number of aromatic amines is 1. The molecule has 6 heteroatoms. The third kappa shape index (κ3) is 4.67. The lowest BCUT2D eigenvalue weighted by Gasteiger charge is -2.40. The first-order chi connectivity index (χ1) is 13.2. The molecule has 1 saturated heterocycles. The van der Waals surface area contributed by atoms with Gasteiger partial charge in [0.1, 0.15) is 5.82 Å². The average molecular weight is 370 g/mol. The number of H-pyrrole nitrogens is 1. The SMILES string of the molecule is O=C(O)CC1CCN(CC2CCCCC2)CC1Cc1nc2ccncc2[nH]1. The van der Waals surface area contributed by atoms with Crippen LogP contribution in [-0.2, 0) is 11.2 Å². The lowest BCUT2D eigenvalue weighted by atomic mass is 9.80. The highest BCUT2D eigenvalue weighted by molar-refractivity contribution is 5.73. The quantitative estimate of drug-likeness (QED) is 0.813. The standard InChI is InChI=1S/C21H30N4O2/c26-21(27)11-16-7-9-25(13-15-4-2-1-3-5-15)14-17(16)10-20-23-18-6-8-22-12-19(18)24-20/h6,8,12,15-17H,1-5,7,9-11,13-14H2,(H,23,24)(H,26,27). The predicted octanol–water partition coefficient (Wildman–Crippen LogP) is 3.49. The number of piperidine rings is 1. The van der Waals surface area contributed by atoms with Crippen molar-refractivity contribution in [2.75, 3.05) is 19.6 Å². The van der Waals surface area contributed by atoms with Gasteiger partial charge >= 0.3 is 5.97 Å². The summed E-state index contributed by atoms with van der Waals surface area (Å²) >= 11 is 0. The molecule has 3 heterocycles. The smallest absolute Gasteiger partial charge is 0.303 e. The summed E-state index contributed by atoms with van der Waals surface area (Å²) in [6.07, 6.45) is 12.5. The lowest BCUT2D eigenvalue weighted by Crippen LogP contribution is -2.44. The number of likely N-dealkylation sites (tertiary alicyclic amines) is 1. The van der Waals surface area contributed by atoms with Gasteiger partial charge in [-0.25, -0.2) is 4.98 Å². The zero-order valence-corrected chi connectivity index (χ0v) is 15.9. The fraction of sp³-hybridized carbons (Fsp3) is 0.667. The Kier molecular flexibility index (Phi) is 5.72. The Hall–Kier alpha value is -1.95. The molecule has 0 aromatic carbocycles. The molecule has 27 heavy (non-hydrogen) atoms. The number of aliphatic carboxylic acids is 1. The summed E-state index contributed by atoms with van der Waals surface area (Å²) < 4.78 is 0. The number of nitrogens with zero attached hydrogens (tertiary/aromatic N) is 3. The maximum absolute atomic E-state index is 11.4. The van der Waals surface area contributed by atoms with Gasteiger partial charge in [-0.2, -0.15) is 0 Å². The number of carboxylic acids is 1. The number of imidazole rings is 1. The highest BCUT2D eigenvalue weighted by Crippen LogP contribution is 2.32. The largest absolute Gasteiger partial charge is 0.481 e. The van der Waals surface area contributed by atoms with Crippen LogP contribution in [0.15, 0.2) is 18.5 Å². The molecule has 4 rings (SSSR count). The van der Waals surface area contributed by atoms with E-state index in [0.717, 1.165) is 48.7 Å². The van der Waals surface area contributed by atoms with Crippen LogP contribution in [0.2, 0.25) is 0 Å². The van der Waals surface area contributed by atoms with Crippen molar-refractivity contribution in [3.63, 3.8) is 0 Å². The van der Waals surface area contributed by atoms with Crippen molar-refractivity contribution < 1.29 is 9.90 Å². The van der Waals surface area contributed by atoms with Crippen LogP contribution >= 0.6 is 0 Å². The van der Waals surface area contributed by atoms with Gasteiger partial charge in [0.05, 0.1) is 17.2 Å². The molecule has 0 bridgehead atoms. The van der Waals surface area contributed by atoms with Crippen LogP contribution in [0.5, 0.6) is 0 Å². The Balaban J connectivity index is 1.44. The number of rotatable bonds is 6. The van der Waals surface area contributed by atoms with Crippen LogP contribution in [-0.4, -0.2) is 50.6 Å². The van der Waals surface area contributed by atoms with Crippen molar-refractivity contribution in [2.24, 2.45) is 17.8 Å². The summed E-state index contributed by atoms with van der Waals surface area (Å²) in [6, 6.07) is 1.92. The van der Waals surface area contributed by atoms with Crippen molar-refractivity contribution in [3.05, 3.63) is 24.3 Å². The summed E-state index contributed by atoms with van der Waals surface area (Å²) in [4.78, 5) is 26.2. The van der Waals surface area contributed by atoms with Gasteiger partial charge in [0, 0.05) is 32.1 Å². The Labute approximate surface area is 160 Å². The van der Waals surface area contributed by atoms with Crippen molar-refractivity contribution in [3.8, 4) is 0 Å². The number of pyridine rings is 1. The summed E-state index contributed by atoms with van der Waals surface area (Å²) in [5.41, 5.74) is 1.89. The Morgan fingerprint density at radius 3 is 2.85 bits per heavy atom. The molecule has 2 N–H and O–H groups in total. The van der Waals surface area contributed by atoms with Crippen molar-refractivity contribution in [1.82, 2.24) is 19.9 Å². The highest BCUT2D eigenvalue weighted by Gasteiger charge is 2.32. The predicted molar refractivity (Wildman–Crippen MR) is 104 cm³/mol. The van der Waals surface area contributed by atoms with Crippen LogP contribution in [0.4, 0.5) is 0 Å². The fourth-order valence-electron chi connectivity index (χ4n) is 5.04. The number of hydrogen-bond acceptors (Lipinski definition) is 4. The van der Waals surface area contributed by atoms with Crippen LogP contribution in [0, 0.1) is 17.8 Å². The third-order valence-electron chi connectivity index (χ3n) is 6.44. The van der Waals surface area contributed by atoms with E-state index in [9.17, 15) is 9.90 Å². The van der Waals surface area contributed by atoms with Crippen molar-refractivity contribution >= 4 is 17.0 Å². The van der Waals surface area contributed by atoms with Gasteiger partial charge < -0.3 is 15.0 Å². The number of hydrogen-bond donors (Lipinski definition) is 2. The zero-order valence-electron chi connectivity index (χ0n) is 15.9. The number of carboxylic acid groups (broad SMARTS) is 1. The summed E-state index contributed by atoms with van der Waals surface area (Å²) in [5, 5.41) is 9.35. The molecule has 2 aliphatic rings. The molecule has 6 nitrogen and oxygen atoms in total. The highest BCUT2D eigenvalue weighted by atomic mass is 16.4.